The number of nitrogens with one attached hydrogen (secondary N) is 1. The average Bonchev–Trinajstić information content (AvgIpc) is 3.53. The van der Waals surface area contributed by atoms with Gasteiger partial charge in [0.25, 0.3) is 0 Å². The van der Waals surface area contributed by atoms with Gasteiger partial charge in [0.15, 0.2) is 5.78 Å². The van der Waals surface area contributed by atoms with E-state index in [1.54, 1.807) is 24.3 Å². The van der Waals surface area contributed by atoms with Crippen molar-refractivity contribution in [3.05, 3.63) is 72.5 Å². The highest BCUT2D eigenvalue weighted by atomic mass is 16.5. The quantitative estimate of drug-likeness (QED) is 0.125. The molecular weight excluding hydrogens is 528 g/mol. The molecule has 228 valence electrons. The van der Waals surface area contributed by atoms with E-state index in [1.165, 1.54) is 38.4 Å². The van der Waals surface area contributed by atoms with E-state index < -0.39 is 12.1 Å². The van der Waals surface area contributed by atoms with Crippen LogP contribution in [0.2, 0.25) is 0 Å². The number of aliphatic hydroxyl groups excluding tert-OH is 1. The van der Waals surface area contributed by atoms with Crippen molar-refractivity contribution in [2.75, 3.05) is 26.2 Å². The van der Waals surface area contributed by atoms with Crippen LogP contribution < -0.4 is 14.8 Å². The van der Waals surface area contributed by atoms with Crippen molar-refractivity contribution in [1.29, 1.82) is 0 Å². The summed E-state index contributed by atoms with van der Waals surface area (Å²) in [4.78, 5) is 27.7. The van der Waals surface area contributed by atoms with Gasteiger partial charge in [0, 0.05) is 24.9 Å². The van der Waals surface area contributed by atoms with E-state index >= 15 is 0 Å². The SMILES string of the molecule is C=COc1ccc(C(=O)CCCCC(=O)N[C@H](CN2CCCC2)[C@H](O)c2ccc(OCCC3CCCCC3)cc2)cc1. The van der Waals surface area contributed by atoms with Crippen LogP contribution in [0, 0.1) is 5.92 Å². The summed E-state index contributed by atoms with van der Waals surface area (Å²) in [6.07, 6.45) is 12.5. The lowest BCUT2D eigenvalue weighted by molar-refractivity contribution is -0.123. The zero-order chi connectivity index (χ0) is 29.6. The number of Topliss-reactive ketones (excluding diaryl/α,β-unsaturated/α-hetero) is 1. The summed E-state index contributed by atoms with van der Waals surface area (Å²) in [5.41, 5.74) is 1.40. The normalized spacial score (nSPS) is 17.4. The third kappa shape index (κ3) is 10.3. The molecule has 2 atom stereocenters. The number of nitrogens with zero attached hydrogens (tertiary/aromatic N) is 1. The lowest BCUT2D eigenvalue weighted by Crippen LogP contribution is -2.46. The number of carbonyl (C=O) groups excluding carboxylic acids is 2. The van der Waals surface area contributed by atoms with Crippen LogP contribution in [-0.2, 0) is 4.79 Å². The maximum absolute atomic E-state index is 12.9. The first kappa shape index (κ1) is 31.8. The molecule has 1 heterocycles. The van der Waals surface area contributed by atoms with Gasteiger partial charge in [-0.05, 0) is 93.1 Å². The Balaban J connectivity index is 1.23. The van der Waals surface area contributed by atoms with Gasteiger partial charge in [0.2, 0.25) is 5.91 Å². The highest BCUT2D eigenvalue weighted by molar-refractivity contribution is 5.96. The summed E-state index contributed by atoms with van der Waals surface area (Å²) in [6.45, 7) is 6.82. The number of unbranched alkanes of at least 4 members (excludes halogenated alkanes) is 1. The van der Waals surface area contributed by atoms with Gasteiger partial charge in [-0.3, -0.25) is 9.59 Å². The molecule has 7 nitrogen and oxygen atoms in total. The standard InChI is InChI=1S/C35H48N2O5/c1-2-41-30-18-14-28(15-19-30)33(38)12-6-7-13-34(39)36-32(26-37-23-8-9-24-37)35(40)29-16-20-31(21-17-29)42-25-22-27-10-4-3-5-11-27/h2,14-21,27,32,35,40H,1,3-13,22-26H2,(H,36,39)/t32-,35-/m1/s1. The van der Waals surface area contributed by atoms with E-state index in [9.17, 15) is 14.7 Å². The number of rotatable bonds is 17. The van der Waals surface area contributed by atoms with E-state index in [4.69, 9.17) is 9.47 Å². The molecule has 1 aliphatic carbocycles. The molecule has 2 aromatic rings. The Morgan fingerprint density at radius 2 is 1.60 bits per heavy atom. The van der Waals surface area contributed by atoms with Gasteiger partial charge >= 0.3 is 0 Å². The molecule has 0 aromatic heterocycles. The highest BCUT2D eigenvalue weighted by Crippen LogP contribution is 2.27. The number of likely N-dealkylation sites (tertiary alicyclic amines) is 1. The number of hydrogen-bond donors (Lipinski definition) is 2. The number of amides is 1. The Kier molecular flexibility index (Phi) is 12.9. The van der Waals surface area contributed by atoms with Gasteiger partial charge in [0.05, 0.1) is 18.9 Å². The number of benzene rings is 2. The summed E-state index contributed by atoms with van der Waals surface area (Å²) >= 11 is 0. The van der Waals surface area contributed by atoms with Gasteiger partial charge in [-0.2, -0.15) is 0 Å². The molecular formula is C35H48N2O5. The molecule has 0 bridgehead atoms. The minimum absolute atomic E-state index is 0.0457. The Labute approximate surface area is 251 Å². The fourth-order valence-electron chi connectivity index (χ4n) is 6.09. The van der Waals surface area contributed by atoms with Crippen LogP contribution >= 0.6 is 0 Å². The van der Waals surface area contributed by atoms with E-state index in [0.717, 1.165) is 56.2 Å². The van der Waals surface area contributed by atoms with E-state index in [-0.39, 0.29) is 11.7 Å². The summed E-state index contributed by atoms with van der Waals surface area (Å²) in [5.74, 6) is 2.18. The van der Waals surface area contributed by atoms with Crippen molar-refractivity contribution in [3.63, 3.8) is 0 Å². The largest absolute Gasteiger partial charge is 0.494 e. The van der Waals surface area contributed by atoms with Crippen LogP contribution in [0.4, 0.5) is 0 Å². The summed E-state index contributed by atoms with van der Waals surface area (Å²) in [7, 11) is 0. The first-order valence-electron chi connectivity index (χ1n) is 15.8. The van der Waals surface area contributed by atoms with Crippen molar-refractivity contribution in [1.82, 2.24) is 10.2 Å². The van der Waals surface area contributed by atoms with Gasteiger partial charge in [-0.1, -0.05) is 50.8 Å². The van der Waals surface area contributed by atoms with Crippen LogP contribution in [0.3, 0.4) is 0 Å². The van der Waals surface area contributed by atoms with E-state index in [1.807, 2.05) is 24.3 Å². The second kappa shape index (κ2) is 17.1. The molecule has 2 aliphatic rings. The monoisotopic (exact) mass is 576 g/mol. The molecule has 4 rings (SSSR count). The Morgan fingerprint density at radius 3 is 2.29 bits per heavy atom. The van der Waals surface area contributed by atoms with Crippen molar-refractivity contribution in [2.45, 2.75) is 89.2 Å². The molecule has 1 saturated heterocycles. The molecule has 2 aromatic carbocycles. The second-order valence-corrected chi connectivity index (χ2v) is 11.8. The number of hydrogen-bond acceptors (Lipinski definition) is 6. The van der Waals surface area contributed by atoms with Gasteiger partial charge in [-0.25, -0.2) is 0 Å². The van der Waals surface area contributed by atoms with Crippen LogP contribution in [0.25, 0.3) is 0 Å². The minimum atomic E-state index is -0.819. The van der Waals surface area contributed by atoms with Crippen molar-refractivity contribution in [3.8, 4) is 11.5 Å². The number of ether oxygens (including phenoxy) is 2. The fraction of sp³-hybridized carbons (Fsp3) is 0.543. The molecule has 1 aliphatic heterocycles. The molecule has 0 radical (unpaired) electrons. The minimum Gasteiger partial charge on any atom is -0.494 e. The van der Waals surface area contributed by atoms with Crippen LogP contribution in [0.5, 0.6) is 11.5 Å². The highest BCUT2D eigenvalue weighted by Gasteiger charge is 2.26. The molecule has 7 heteroatoms. The predicted octanol–water partition coefficient (Wildman–Crippen LogP) is 6.62. The topological polar surface area (TPSA) is 88.1 Å². The maximum atomic E-state index is 12.9. The first-order valence-corrected chi connectivity index (χ1v) is 15.8. The maximum Gasteiger partial charge on any atom is 0.220 e. The average molecular weight is 577 g/mol. The second-order valence-electron chi connectivity index (χ2n) is 11.8. The lowest BCUT2D eigenvalue weighted by Gasteiger charge is -2.29. The molecule has 2 fully saturated rings. The smallest absolute Gasteiger partial charge is 0.220 e. The zero-order valence-corrected chi connectivity index (χ0v) is 25.0. The van der Waals surface area contributed by atoms with E-state index in [2.05, 4.69) is 16.8 Å². The number of carbonyl (C=O) groups is 2. The molecule has 0 unspecified atom stereocenters. The summed E-state index contributed by atoms with van der Waals surface area (Å²) < 4.78 is 11.2. The first-order chi connectivity index (χ1) is 20.5. The Morgan fingerprint density at radius 1 is 0.929 bits per heavy atom. The van der Waals surface area contributed by atoms with Crippen molar-refractivity contribution >= 4 is 11.7 Å². The molecule has 42 heavy (non-hydrogen) atoms. The third-order valence-corrected chi connectivity index (χ3v) is 8.58. The fourth-order valence-corrected chi connectivity index (χ4v) is 6.09. The zero-order valence-electron chi connectivity index (χ0n) is 25.0. The van der Waals surface area contributed by atoms with Gasteiger partial charge in [-0.15, -0.1) is 0 Å². The third-order valence-electron chi connectivity index (χ3n) is 8.58. The molecule has 0 spiro atoms. The summed E-state index contributed by atoms with van der Waals surface area (Å²) in [5, 5.41) is 14.4. The van der Waals surface area contributed by atoms with Gasteiger partial charge < -0.3 is 24.8 Å². The lowest BCUT2D eigenvalue weighted by atomic mass is 9.87. The summed E-state index contributed by atoms with van der Waals surface area (Å²) in [6, 6.07) is 14.2. The van der Waals surface area contributed by atoms with Gasteiger partial charge in [0.1, 0.15) is 17.6 Å². The molecule has 1 amide bonds. The van der Waals surface area contributed by atoms with E-state index in [0.29, 0.717) is 43.5 Å². The number of ketones is 1. The van der Waals surface area contributed by atoms with Crippen LogP contribution in [-0.4, -0.2) is 54.0 Å². The van der Waals surface area contributed by atoms with Crippen molar-refractivity contribution in [2.24, 2.45) is 5.92 Å². The molecule has 2 N–H and O–H groups in total. The van der Waals surface area contributed by atoms with Crippen molar-refractivity contribution < 1.29 is 24.2 Å². The van der Waals surface area contributed by atoms with Crippen LogP contribution in [0.1, 0.15) is 99.1 Å². The number of aliphatic hydroxyl groups is 1. The molecule has 1 saturated carbocycles. The predicted molar refractivity (Wildman–Crippen MR) is 166 cm³/mol. The van der Waals surface area contributed by atoms with Crippen LogP contribution in [0.15, 0.2) is 61.4 Å². The Hall–Kier alpha value is -3.16. The Bertz CT molecular complexity index is 1110.